The molecule has 1 aromatic heterocycles. The molecule has 0 fully saturated rings. The Bertz CT molecular complexity index is 379. The molecule has 18 heavy (non-hydrogen) atoms. The van der Waals surface area contributed by atoms with Gasteiger partial charge in [-0.05, 0) is 26.5 Å². The highest BCUT2D eigenvalue weighted by Gasteiger charge is 2.17. The highest BCUT2D eigenvalue weighted by molar-refractivity contribution is 7.99. The van der Waals surface area contributed by atoms with Gasteiger partial charge in [0.15, 0.2) is 0 Å². The molecule has 2 N–H and O–H groups in total. The quantitative estimate of drug-likeness (QED) is 0.796. The van der Waals surface area contributed by atoms with Crippen LogP contribution in [0.2, 0.25) is 0 Å². The topological polar surface area (TPSA) is 49.8 Å². The summed E-state index contributed by atoms with van der Waals surface area (Å²) in [5.74, 6) is 1.88. The van der Waals surface area contributed by atoms with E-state index in [4.69, 9.17) is 0 Å². The maximum Gasteiger partial charge on any atom is 0.134 e. The van der Waals surface area contributed by atoms with Gasteiger partial charge in [-0.25, -0.2) is 9.97 Å². The van der Waals surface area contributed by atoms with Crippen molar-refractivity contribution in [1.82, 2.24) is 9.97 Å². The number of rotatable bonds is 7. The summed E-state index contributed by atoms with van der Waals surface area (Å²) in [5, 5.41) is 6.59. The number of thioether (sulfide) groups is 1. The molecule has 1 heterocycles. The predicted octanol–water partition coefficient (Wildman–Crippen LogP) is 3.02. The summed E-state index contributed by atoms with van der Waals surface area (Å²) in [6.07, 6.45) is 5.81. The zero-order chi connectivity index (χ0) is 13.6. The first-order chi connectivity index (χ1) is 8.54. The fourth-order valence-corrected chi connectivity index (χ4v) is 1.85. The molecule has 0 spiro atoms. The Kier molecular flexibility index (Phi) is 5.72. The maximum absolute atomic E-state index is 4.37. The van der Waals surface area contributed by atoms with Crippen molar-refractivity contribution in [2.75, 3.05) is 30.5 Å². The minimum Gasteiger partial charge on any atom is -0.373 e. The smallest absolute Gasteiger partial charge is 0.134 e. The van der Waals surface area contributed by atoms with Crippen LogP contribution in [0.25, 0.3) is 0 Å². The normalized spacial score (nSPS) is 11.4. The van der Waals surface area contributed by atoms with Crippen LogP contribution < -0.4 is 10.6 Å². The monoisotopic (exact) mass is 268 g/mol. The number of nitrogens with one attached hydrogen (secondary N) is 2. The fraction of sp³-hybridized carbons (Fsp3) is 0.692. The molecule has 0 aromatic carbocycles. The van der Waals surface area contributed by atoms with Gasteiger partial charge in [-0.2, -0.15) is 11.8 Å². The summed E-state index contributed by atoms with van der Waals surface area (Å²) >= 11 is 1.85. The van der Waals surface area contributed by atoms with Gasteiger partial charge in [-0.15, -0.1) is 0 Å². The highest BCUT2D eigenvalue weighted by atomic mass is 32.2. The van der Waals surface area contributed by atoms with E-state index in [0.29, 0.717) is 0 Å². The van der Waals surface area contributed by atoms with E-state index in [9.17, 15) is 0 Å². The average Bonchev–Trinajstić information content (AvgIpc) is 2.38. The first-order valence-electron chi connectivity index (χ1n) is 6.34. The number of nitrogens with zero attached hydrogens (tertiary/aromatic N) is 2. The summed E-state index contributed by atoms with van der Waals surface area (Å²) in [6, 6.07) is 0. The van der Waals surface area contributed by atoms with Gasteiger partial charge < -0.3 is 10.6 Å². The molecule has 0 radical (unpaired) electrons. The minimum absolute atomic E-state index is 0.203. The highest BCUT2D eigenvalue weighted by Crippen LogP contribution is 2.25. The largest absolute Gasteiger partial charge is 0.373 e. The molecule has 1 aromatic rings. The van der Waals surface area contributed by atoms with Crippen LogP contribution in [0.15, 0.2) is 6.33 Å². The average molecular weight is 268 g/mol. The summed E-state index contributed by atoms with van der Waals surface area (Å²) in [4.78, 5) is 8.65. The molecule has 0 aliphatic carbocycles. The SMILES string of the molecule is CCCc1c(NC)ncnc1NCC(C)(C)SC. The van der Waals surface area contributed by atoms with E-state index < -0.39 is 0 Å². The maximum atomic E-state index is 4.37. The Morgan fingerprint density at radius 3 is 2.50 bits per heavy atom. The lowest BCUT2D eigenvalue weighted by Crippen LogP contribution is -2.26. The second-order valence-electron chi connectivity index (χ2n) is 4.87. The number of hydrogen-bond acceptors (Lipinski definition) is 5. The van der Waals surface area contributed by atoms with Crippen molar-refractivity contribution < 1.29 is 0 Å². The lowest BCUT2D eigenvalue weighted by Gasteiger charge is -2.23. The van der Waals surface area contributed by atoms with E-state index in [1.807, 2.05) is 18.8 Å². The van der Waals surface area contributed by atoms with Crippen LogP contribution in [0.1, 0.15) is 32.8 Å². The molecule has 5 heteroatoms. The third-order valence-corrected chi connectivity index (χ3v) is 4.17. The molecular weight excluding hydrogens is 244 g/mol. The van der Waals surface area contributed by atoms with Gasteiger partial charge in [-0.3, -0.25) is 0 Å². The van der Waals surface area contributed by atoms with E-state index in [-0.39, 0.29) is 4.75 Å². The molecule has 0 saturated heterocycles. The Balaban J connectivity index is 2.87. The van der Waals surface area contributed by atoms with Crippen molar-refractivity contribution in [3.8, 4) is 0 Å². The van der Waals surface area contributed by atoms with Crippen LogP contribution in [-0.4, -0.2) is 34.6 Å². The van der Waals surface area contributed by atoms with E-state index in [0.717, 1.165) is 31.0 Å². The van der Waals surface area contributed by atoms with Crippen molar-refractivity contribution in [2.45, 2.75) is 38.4 Å². The summed E-state index contributed by atoms with van der Waals surface area (Å²) in [6.45, 7) is 7.52. The first-order valence-corrected chi connectivity index (χ1v) is 7.57. The Morgan fingerprint density at radius 2 is 1.94 bits per heavy atom. The summed E-state index contributed by atoms with van der Waals surface area (Å²) < 4.78 is 0.203. The van der Waals surface area contributed by atoms with Crippen molar-refractivity contribution >= 4 is 23.4 Å². The number of hydrogen-bond donors (Lipinski definition) is 2. The van der Waals surface area contributed by atoms with Crippen LogP contribution in [0.3, 0.4) is 0 Å². The van der Waals surface area contributed by atoms with E-state index in [1.54, 1.807) is 6.33 Å². The second-order valence-corrected chi connectivity index (χ2v) is 6.38. The van der Waals surface area contributed by atoms with Crippen molar-refractivity contribution in [2.24, 2.45) is 0 Å². The third-order valence-electron chi connectivity index (χ3n) is 2.92. The van der Waals surface area contributed by atoms with Crippen LogP contribution in [0.4, 0.5) is 11.6 Å². The van der Waals surface area contributed by atoms with E-state index in [2.05, 4.69) is 47.6 Å². The lowest BCUT2D eigenvalue weighted by atomic mass is 10.1. The minimum atomic E-state index is 0.203. The van der Waals surface area contributed by atoms with Crippen LogP contribution in [0, 0.1) is 0 Å². The standard InChI is InChI=1S/C13H24N4S/c1-6-7-10-11(14-4)16-9-17-12(10)15-8-13(2,3)18-5/h9H,6-8H2,1-5H3,(H2,14,15,16,17). The van der Waals surface area contributed by atoms with Crippen molar-refractivity contribution in [3.63, 3.8) is 0 Å². The van der Waals surface area contributed by atoms with Crippen molar-refractivity contribution in [1.29, 1.82) is 0 Å². The molecule has 0 amide bonds. The molecule has 0 atom stereocenters. The lowest BCUT2D eigenvalue weighted by molar-refractivity contribution is 0.747. The predicted molar refractivity (Wildman–Crippen MR) is 81.7 cm³/mol. The van der Waals surface area contributed by atoms with Crippen LogP contribution in [0.5, 0.6) is 0 Å². The molecule has 0 bridgehead atoms. The molecule has 0 saturated carbocycles. The fourth-order valence-electron chi connectivity index (χ4n) is 1.64. The van der Waals surface area contributed by atoms with Gasteiger partial charge in [0.05, 0.1) is 0 Å². The Morgan fingerprint density at radius 1 is 1.28 bits per heavy atom. The summed E-state index contributed by atoms with van der Waals surface area (Å²) in [7, 11) is 1.90. The van der Waals surface area contributed by atoms with Gasteiger partial charge in [0, 0.05) is 23.9 Å². The first kappa shape index (κ1) is 15.1. The Hall–Kier alpha value is -0.970. The van der Waals surface area contributed by atoms with Crippen LogP contribution >= 0.6 is 11.8 Å². The van der Waals surface area contributed by atoms with Crippen molar-refractivity contribution in [3.05, 3.63) is 11.9 Å². The molecule has 4 nitrogen and oxygen atoms in total. The second kappa shape index (κ2) is 6.83. The van der Waals surface area contributed by atoms with E-state index in [1.165, 1.54) is 5.56 Å². The zero-order valence-electron chi connectivity index (χ0n) is 12.0. The molecule has 0 unspecified atom stereocenters. The molecule has 1 rings (SSSR count). The van der Waals surface area contributed by atoms with Gasteiger partial charge >= 0.3 is 0 Å². The summed E-state index contributed by atoms with van der Waals surface area (Å²) in [5.41, 5.74) is 1.18. The van der Waals surface area contributed by atoms with E-state index >= 15 is 0 Å². The van der Waals surface area contributed by atoms with Gasteiger partial charge in [0.2, 0.25) is 0 Å². The van der Waals surface area contributed by atoms with Crippen LogP contribution in [-0.2, 0) is 6.42 Å². The number of aromatic nitrogens is 2. The van der Waals surface area contributed by atoms with Gasteiger partial charge in [-0.1, -0.05) is 13.3 Å². The molecular formula is C13H24N4S. The zero-order valence-corrected chi connectivity index (χ0v) is 12.8. The van der Waals surface area contributed by atoms with Gasteiger partial charge in [0.25, 0.3) is 0 Å². The van der Waals surface area contributed by atoms with Gasteiger partial charge in [0.1, 0.15) is 18.0 Å². The Labute approximate surface area is 114 Å². The molecule has 0 aliphatic rings. The molecule has 102 valence electrons. The third kappa shape index (κ3) is 4.05. The molecule has 0 aliphatic heterocycles. The number of anilines is 2.